The highest BCUT2D eigenvalue weighted by atomic mass is 16.5. The summed E-state index contributed by atoms with van der Waals surface area (Å²) in [4.78, 5) is 4.29. The van der Waals surface area contributed by atoms with E-state index >= 15 is 0 Å². The normalized spacial score (nSPS) is 15.7. The largest absolute Gasteiger partial charge is 0.477 e. The molecule has 0 spiro atoms. The summed E-state index contributed by atoms with van der Waals surface area (Å²) < 4.78 is 11.3. The predicted octanol–water partition coefficient (Wildman–Crippen LogP) is 2.63. The third kappa shape index (κ3) is 3.80. The second kappa shape index (κ2) is 4.43. The molecular weight excluding hydrogens is 216 g/mol. The molecule has 0 amide bonds. The summed E-state index contributed by atoms with van der Waals surface area (Å²) in [7, 11) is 0. The smallest absolute Gasteiger partial charge is 0.241 e. The van der Waals surface area contributed by atoms with Crippen molar-refractivity contribution in [1.82, 2.24) is 4.98 Å². The van der Waals surface area contributed by atoms with Gasteiger partial charge in [-0.3, -0.25) is 0 Å². The lowest BCUT2D eigenvalue weighted by atomic mass is 10.2. The number of ether oxygens (including phenoxy) is 2. The van der Waals surface area contributed by atoms with Gasteiger partial charge in [0.2, 0.25) is 11.8 Å². The second-order valence-corrected chi connectivity index (χ2v) is 5.51. The molecule has 0 atom stereocenters. The molecule has 1 fully saturated rings. The first-order chi connectivity index (χ1) is 7.94. The van der Waals surface area contributed by atoms with Gasteiger partial charge in [-0.1, -0.05) is 0 Å². The van der Waals surface area contributed by atoms with Crippen LogP contribution >= 0.6 is 0 Å². The summed E-state index contributed by atoms with van der Waals surface area (Å²) in [5.74, 6) is 1.75. The summed E-state index contributed by atoms with van der Waals surface area (Å²) in [5, 5.41) is 0. The van der Waals surface area contributed by atoms with Crippen molar-refractivity contribution in [2.24, 2.45) is 5.92 Å². The lowest BCUT2D eigenvalue weighted by Crippen LogP contribution is -2.24. The standard InChI is InChI=1S/C13H20N2O2/c1-13(2,3)17-12-10(14)6-7-11(15-12)16-8-9-4-5-9/h6-7,9H,4-5,8,14H2,1-3H3. The second-order valence-electron chi connectivity index (χ2n) is 5.51. The first-order valence-corrected chi connectivity index (χ1v) is 6.02. The summed E-state index contributed by atoms with van der Waals surface area (Å²) in [6, 6.07) is 3.56. The zero-order valence-corrected chi connectivity index (χ0v) is 10.7. The summed E-state index contributed by atoms with van der Waals surface area (Å²) in [6.07, 6.45) is 2.53. The Hall–Kier alpha value is -1.45. The van der Waals surface area contributed by atoms with E-state index in [0.29, 0.717) is 23.4 Å². The van der Waals surface area contributed by atoms with Crippen LogP contribution in [0.1, 0.15) is 33.6 Å². The monoisotopic (exact) mass is 236 g/mol. The average molecular weight is 236 g/mol. The third-order valence-electron chi connectivity index (χ3n) is 2.43. The number of nitrogens with two attached hydrogens (primary N) is 1. The number of nitrogens with zero attached hydrogens (tertiary/aromatic N) is 1. The van der Waals surface area contributed by atoms with E-state index in [4.69, 9.17) is 15.2 Å². The van der Waals surface area contributed by atoms with Crippen LogP contribution in [0.5, 0.6) is 11.8 Å². The maximum absolute atomic E-state index is 5.82. The zero-order valence-electron chi connectivity index (χ0n) is 10.7. The lowest BCUT2D eigenvalue weighted by molar-refractivity contribution is 0.123. The van der Waals surface area contributed by atoms with Crippen LogP contribution in [0.3, 0.4) is 0 Å². The Balaban J connectivity index is 2.05. The molecule has 17 heavy (non-hydrogen) atoms. The van der Waals surface area contributed by atoms with Crippen LogP contribution in [-0.4, -0.2) is 17.2 Å². The van der Waals surface area contributed by atoms with Gasteiger partial charge in [-0.2, -0.15) is 4.98 Å². The zero-order chi connectivity index (χ0) is 12.5. The van der Waals surface area contributed by atoms with Crippen molar-refractivity contribution in [1.29, 1.82) is 0 Å². The number of anilines is 1. The Labute approximate surface area is 102 Å². The van der Waals surface area contributed by atoms with Crippen molar-refractivity contribution in [3.63, 3.8) is 0 Å². The number of hydrogen-bond donors (Lipinski definition) is 1. The van der Waals surface area contributed by atoms with E-state index in [1.54, 1.807) is 12.1 Å². The number of aromatic nitrogens is 1. The third-order valence-corrected chi connectivity index (χ3v) is 2.43. The molecule has 1 aliphatic rings. The highest BCUT2D eigenvalue weighted by Crippen LogP contribution is 2.30. The Morgan fingerprint density at radius 1 is 1.35 bits per heavy atom. The van der Waals surface area contributed by atoms with Crippen molar-refractivity contribution in [2.45, 2.75) is 39.2 Å². The van der Waals surface area contributed by atoms with Crippen LogP contribution in [0.15, 0.2) is 12.1 Å². The van der Waals surface area contributed by atoms with E-state index in [9.17, 15) is 0 Å². The van der Waals surface area contributed by atoms with Crippen molar-refractivity contribution < 1.29 is 9.47 Å². The topological polar surface area (TPSA) is 57.4 Å². The van der Waals surface area contributed by atoms with Gasteiger partial charge in [0, 0.05) is 6.07 Å². The fraction of sp³-hybridized carbons (Fsp3) is 0.615. The molecule has 0 aromatic carbocycles. The maximum Gasteiger partial charge on any atom is 0.241 e. The fourth-order valence-corrected chi connectivity index (χ4v) is 1.37. The van der Waals surface area contributed by atoms with Crippen LogP contribution < -0.4 is 15.2 Å². The molecule has 1 heterocycles. The molecule has 0 saturated heterocycles. The quantitative estimate of drug-likeness (QED) is 0.873. The molecule has 1 aromatic rings. The number of rotatable bonds is 4. The van der Waals surface area contributed by atoms with E-state index in [1.165, 1.54) is 12.8 Å². The van der Waals surface area contributed by atoms with E-state index in [-0.39, 0.29) is 5.60 Å². The number of hydrogen-bond acceptors (Lipinski definition) is 4. The Morgan fingerprint density at radius 2 is 2.06 bits per heavy atom. The molecule has 1 aliphatic carbocycles. The van der Waals surface area contributed by atoms with E-state index in [2.05, 4.69) is 4.98 Å². The minimum atomic E-state index is -0.309. The Kier molecular flexibility index (Phi) is 3.13. The van der Waals surface area contributed by atoms with Gasteiger partial charge >= 0.3 is 0 Å². The van der Waals surface area contributed by atoms with Crippen molar-refractivity contribution in [3.05, 3.63) is 12.1 Å². The molecule has 0 aliphatic heterocycles. The van der Waals surface area contributed by atoms with E-state index < -0.39 is 0 Å². The van der Waals surface area contributed by atoms with E-state index in [1.807, 2.05) is 20.8 Å². The summed E-state index contributed by atoms with van der Waals surface area (Å²) in [6.45, 7) is 6.63. The molecule has 4 heteroatoms. The van der Waals surface area contributed by atoms with Crippen LogP contribution in [0, 0.1) is 5.92 Å². The van der Waals surface area contributed by atoms with Gasteiger partial charge in [-0.15, -0.1) is 0 Å². The molecule has 0 unspecified atom stereocenters. The van der Waals surface area contributed by atoms with Gasteiger partial charge < -0.3 is 15.2 Å². The molecule has 1 aromatic heterocycles. The van der Waals surface area contributed by atoms with Crippen LogP contribution in [0.25, 0.3) is 0 Å². The number of pyridine rings is 1. The van der Waals surface area contributed by atoms with Gasteiger partial charge in [0.15, 0.2) is 0 Å². The Morgan fingerprint density at radius 3 is 2.65 bits per heavy atom. The maximum atomic E-state index is 5.82. The van der Waals surface area contributed by atoms with Crippen LogP contribution in [-0.2, 0) is 0 Å². The SMILES string of the molecule is CC(C)(C)Oc1nc(OCC2CC2)ccc1N. The highest BCUT2D eigenvalue weighted by Gasteiger charge is 2.22. The predicted molar refractivity (Wildman–Crippen MR) is 67.2 cm³/mol. The summed E-state index contributed by atoms with van der Waals surface area (Å²) in [5.41, 5.74) is 6.05. The number of nitrogen functional groups attached to an aromatic ring is 1. The minimum Gasteiger partial charge on any atom is -0.477 e. The highest BCUT2D eigenvalue weighted by molar-refractivity contribution is 5.49. The van der Waals surface area contributed by atoms with Crippen molar-refractivity contribution in [3.8, 4) is 11.8 Å². The lowest BCUT2D eigenvalue weighted by Gasteiger charge is -2.21. The fourth-order valence-electron chi connectivity index (χ4n) is 1.37. The Bertz CT molecular complexity index is 395. The first kappa shape index (κ1) is 12.0. The molecule has 2 N–H and O–H groups in total. The van der Waals surface area contributed by atoms with Crippen LogP contribution in [0.2, 0.25) is 0 Å². The molecule has 4 nitrogen and oxygen atoms in total. The molecule has 1 saturated carbocycles. The van der Waals surface area contributed by atoms with Crippen molar-refractivity contribution in [2.75, 3.05) is 12.3 Å². The summed E-state index contributed by atoms with van der Waals surface area (Å²) >= 11 is 0. The molecule has 0 radical (unpaired) electrons. The molecule has 0 bridgehead atoms. The van der Waals surface area contributed by atoms with Crippen molar-refractivity contribution >= 4 is 5.69 Å². The average Bonchev–Trinajstić information content (AvgIpc) is 3.01. The molecule has 2 rings (SSSR count). The van der Waals surface area contributed by atoms with Gasteiger partial charge in [-0.05, 0) is 45.6 Å². The van der Waals surface area contributed by atoms with Gasteiger partial charge in [0.05, 0.1) is 12.3 Å². The first-order valence-electron chi connectivity index (χ1n) is 6.02. The molecular formula is C13H20N2O2. The van der Waals surface area contributed by atoms with Gasteiger partial charge in [0.25, 0.3) is 0 Å². The molecule has 94 valence electrons. The van der Waals surface area contributed by atoms with Gasteiger partial charge in [-0.25, -0.2) is 0 Å². The van der Waals surface area contributed by atoms with E-state index in [0.717, 1.165) is 6.61 Å². The van der Waals surface area contributed by atoms with Crippen LogP contribution in [0.4, 0.5) is 5.69 Å². The minimum absolute atomic E-state index is 0.309. The van der Waals surface area contributed by atoms with Gasteiger partial charge in [0.1, 0.15) is 5.60 Å².